The first-order valence-electron chi connectivity index (χ1n) is 21.8. The maximum Gasteiger partial charge on any atom is 0.267 e. The highest BCUT2D eigenvalue weighted by molar-refractivity contribution is 7.85. The van der Waals surface area contributed by atoms with Crippen LogP contribution in [0, 0.1) is 0 Å². The molecule has 0 aliphatic carbocycles. The Morgan fingerprint density at radius 2 is 0.865 bits per heavy atom. The molecule has 0 fully saturated rings. The van der Waals surface area contributed by atoms with Gasteiger partial charge in [-0.1, -0.05) is 192 Å². The van der Waals surface area contributed by atoms with Gasteiger partial charge in [-0.15, -0.1) is 0 Å². The van der Waals surface area contributed by atoms with Crippen LogP contribution in [0.4, 0.5) is 0 Å². The summed E-state index contributed by atoms with van der Waals surface area (Å²) in [5, 5.41) is 23.4. The highest BCUT2D eigenvalue weighted by Crippen LogP contribution is 2.14. The molecule has 0 aromatic heterocycles. The van der Waals surface area contributed by atoms with Crippen molar-refractivity contribution in [3.8, 4) is 0 Å². The van der Waals surface area contributed by atoms with Crippen LogP contribution in [0.5, 0.6) is 0 Å². The molecule has 52 heavy (non-hydrogen) atoms. The molecular weight excluding hydrogens is 671 g/mol. The number of aliphatic hydroxyl groups is 2. The van der Waals surface area contributed by atoms with Gasteiger partial charge in [0, 0.05) is 0 Å². The second kappa shape index (κ2) is 37.8. The molecule has 0 aromatic rings. The number of unbranched alkanes of at least 4 members (excludes halogenated alkanes) is 26. The number of hydrogen-bond acceptors (Lipinski definition) is 5. The molecule has 0 aliphatic heterocycles. The van der Waals surface area contributed by atoms with Gasteiger partial charge in [0.1, 0.15) is 6.10 Å². The Kier molecular flexibility index (Phi) is 36.7. The second-order valence-corrected chi connectivity index (χ2v) is 16.6. The first-order valence-corrected chi connectivity index (χ1v) is 23.4. The number of amides is 1. The van der Waals surface area contributed by atoms with Crippen LogP contribution in [0.15, 0.2) is 36.5 Å². The summed E-state index contributed by atoms with van der Waals surface area (Å²) in [7, 11) is -4.45. The lowest BCUT2D eigenvalue weighted by Crippen LogP contribution is -2.50. The summed E-state index contributed by atoms with van der Waals surface area (Å²) in [4.78, 5) is 12.6. The summed E-state index contributed by atoms with van der Waals surface area (Å²) in [6, 6.07) is -1.25. The summed E-state index contributed by atoms with van der Waals surface area (Å²) in [5.74, 6) is -1.56. The van der Waals surface area contributed by atoms with Crippen molar-refractivity contribution >= 4 is 16.0 Å². The third-order valence-corrected chi connectivity index (χ3v) is 10.7. The van der Waals surface area contributed by atoms with Gasteiger partial charge in [-0.2, -0.15) is 8.42 Å². The van der Waals surface area contributed by atoms with Crippen molar-refractivity contribution in [2.45, 2.75) is 231 Å². The van der Waals surface area contributed by atoms with Gasteiger partial charge in [-0.25, -0.2) is 0 Å². The zero-order chi connectivity index (χ0) is 38.4. The van der Waals surface area contributed by atoms with Crippen molar-refractivity contribution in [2.24, 2.45) is 0 Å². The van der Waals surface area contributed by atoms with E-state index in [1.165, 1.54) is 147 Å². The van der Waals surface area contributed by atoms with Crippen molar-refractivity contribution in [3.05, 3.63) is 36.5 Å². The monoisotopic (exact) mass is 754 g/mol. The molecular formula is C44H83NO6S. The molecule has 1 amide bonds. The molecule has 8 heteroatoms. The van der Waals surface area contributed by atoms with E-state index in [1.807, 2.05) is 0 Å². The minimum atomic E-state index is -4.45. The van der Waals surface area contributed by atoms with Crippen LogP contribution in [0.2, 0.25) is 0 Å². The number of aliphatic hydroxyl groups excluding tert-OH is 2. The molecule has 0 spiro atoms. The molecule has 4 N–H and O–H groups in total. The van der Waals surface area contributed by atoms with Crippen LogP contribution in [-0.4, -0.2) is 53.1 Å². The standard InChI is InChI=1S/C44H83NO6S/c1-3-5-7-9-11-13-15-17-19-21-23-25-27-29-31-33-35-37-39-43(47)44(48)45-41(40-52(49,50)51)42(46)38-36-34-32-30-28-26-24-22-20-18-16-14-12-10-8-6-4-2/h21,23,28,30,36,38,41-43,46-47H,3-20,22,24-27,29,31-35,37,39-40H2,1-2H3,(H,45,48)(H,49,50,51)/b23-21-,30-28+,38-36+. The van der Waals surface area contributed by atoms with Crippen molar-refractivity contribution in [3.63, 3.8) is 0 Å². The Balaban J connectivity index is 4.06. The molecule has 0 saturated carbocycles. The summed E-state index contributed by atoms with van der Waals surface area (Å²) < 4.78 is 32.5. The van der Waals surface area contributed by atoms with E-state index in [0.29, 0.717) is 12.8 Å². The summed E-state index contributed by atoms with van der Waals surface area (Å²) in [6.07, 6.45) is 46.3. The van der Waals surface area contributed by atoms with E-state index in [1.54, 1.807) is 6.08 Å². The first-order chi connectivity index (χ1) is 25.2. The van der Waals surface area contributed by atoms with Gasteiger partial charge in [0.2, 0.25) is 5.91 Å². The Labute approximate surface area is 321 Å². The van der Waals surface area contributed by atoms with E-state index in [4.69, 9.17) is 0 Å². The van der Waals surface area contributed by atoms with Crippen LogP contribution in [0.1, 0.15) is 213 Å². The van der Waals surface area contributed by atoms with Crippen LogP contribution >= 0.6 is 0 Å². The fraction of sp³-hybridized carbons (Fsp3) is 0.841. The molecule has 0 bridgehead atoms. The minimum Gasteiger partial charge on any atom is -0.387 e. The lowest BCUT2D eigenvalue weighted by molar-refractivity contribution is -0.130. The molecule has 306 valence electrons. The zero-order valence-electron chi connectivity index (χ0n) is 33.8. The van der Waals surface area contributed by atoms with Gasteiger partial charge in [0.05, 0.1) is 17.9 Å². The third kappa shape index (κ3) is 36.9. The number of rotatable bonds is 39. The fourth-order valence-corrected chi connectivity index (χ4v) is 7.26. The predicted octanol–water partition coefficient (Wildman–Crippen LogP) is 11.9. The van der Waals surface area contributed by atoms with Crippen molar-refractivity contribution in [2.75, 3.05) is 5.75 Å². The van der Waals surface area contributed by atoms with Crippen LogP contribution in [0.25, 0.3) is 0 Å². The predicted molar refractivity (Wildman–Crippen MR) is 222 cm³/mol. The van der Waals surface area contributed by atoms with E-state index >= 15 is 0 Å². The van der Waals surface area contributed by atoms with Crippen LogP contribution in [-0.2, 0) is 14.9 Å². The molecule has 0 aromatic carbocycles. The lowest BCUT2D eigenvalue weighted by Gasteiger charge is -2.22. The number of allylic oxidation sites excluding steroid dienone is 5. The largest absolute Gasteiger partial charge is 0.387 e. The molecule has 3 atom stereocenters. The SMILES string of the molecule is CCCCCCCCCC/C=C\CCCCCCCCC(O)C(=O)NC(CS(=O)(=O)O)C(O)/C=C/CC/C=C/CCCCCCCCCCCCC. The van der Waals surface area contributed by atoms with Crippen LogP contribution < -0.4 is 5.32 Å². The number of carbonyl (C=O) groups is 1. The van der Waals surface area contributed by atoms with Crippen molar-refractivity contribution < 1.29 is 28.0 Å². The number of hydrogen-bond donors (Lipinski definition) is 4. The molecule has 0 saturated heterocycles. The quantitative estimate of drug-likeness (QED) is 0.0281. The molecule has 0 aliphatic rings. The second-order valence-electron chi connectivity index (χ2n) is 15.1. The van der Waals surface area contributed by atoms with E-state index < -0.39 is 40.0 Å². The topological polar surface area (TPSA) is 124 Å². The van der Waals surface area contributed by atoms with E-state index in [9.17, 15) is 28.0 Å². The van der Waals surface area contributed by atoms with E-state index in [2.05, 4.69) is 43.5 Å². The smallest absolute Gasteiger partial charge is 0.267 e. The summed E-state index contributed by atoms with van der Waals surface area (Å²) >= 11 is 0. The Morgan fingerprint density at radius 1 is 0.519 bits per heavy atom. The highest BCUT2D eigenvalue weighted by Gasteiger charge is 2.27. The normalized spacial score (nSPS) is 14.2. The molecule has 0 rings (SSSR count). The maximum atomic E-state index is 12.6. The molecule has 7 nitrogen and oxygen atoms in total. The molecule has 0 heterocycles. The summed E-state index contributed by atoms with van der Waals surface area (Å²) in [6.45, 7) is 4.51. The Morgan fingerprint density at radius 3 is 1.27 bits per heavy atom. The van der Waals surface area contributed by atoms with E-state index in [0.717, 1.165) is 38.5 Å². The maximum absolute atomic E-state index is 12.6. The Bertz CT molecular complexity index is 979. The fourth-order valence-electron chi connectivity index (χ4n) is 6.53. The van der Waals surface area contributed by atoms with Crippen LogP contribution in [0.3, 0.4) is 0 Å². The van der Waals surface area contributed by atoms with Crippen molar-refractivity contribution in [1.82, 2.24) is 5.32 Å². The van der Waals surface area contributed by atoms with Gasteiger partial charge in [-0.3, -0.25) is 9.35 Å². The average molecular weight is 754 g/mol. The molecule has 0 radical (unpaired) electrons. The van der Waals surface area contributed by atoms with E-state index in [-0.39, 0.29) is 6.42 Å². The van der Waals surface area contributed by atoms with Crippen molar-refractivity contribution in [1.29, 1.82) is 0 Å². The number of carbonyl (C=O) groups excluding carboxylic acids is 1. The summed E-state index contributed by atoms with van der Waals surface area (Å²) in [5.41, 5.74) is 0. The van der Waals surface area contributed by atoms with Gasteiger partial charge in [0.15, 0.2) is 0 Å². The van der Waals surface area contributed by atoms with Gasteiger partial charge < -0.3 is 15.5 Å². The van der Waals surface area contributed by atoms with Gasteiger partial charge in [0.25, 0.3) is 10.1 Å². The zero-order valence-corrected chi connectivity index (χ0v) is 34.6. The minimum absolute atomic E-state index is 0.267. The Hall–Kier alpha value is -1.48. The molecule has 3 unspecified atom stereocenters. The highest BCUT2D eigenvalue weighted by atomic mass is 32.2. The van der Waals surface area contributed by atoms with Gasteiger partial charge >= 0.3 is 0 Å². The first kappa shape index (κ1) is 50.5. The van der Waals surface area contributed by atoms with Gasteiger partial charge in [-0.05, 0) is 57.8 Å². The third-order valence-electron chi connectivity index (χ3n) is 9.90. The average Bonchev–Trinajstić information content (AvgIpc) is 3.11. The number of nitrogens with one attached hydrogen (secondary N) is 1. The lowest BCUT2D eigenvalue weighted by atomic mass is 10.0.